The van der Waals surface area contributed by atoms with E-state index in [1.54, 1.807) is 30.6 Å². The van der Waals surface area contributed by atoms with Gasteiger partial charge in [-0.05, 0) is 38.6 Å². The number of likely N-dealkylation sites (tertiary alicyclic amines) is 1. The Balaban J connectivity index is 1.96. The van der Waals surface area contributed by atoms with Crippen molar-refractivity contribution >= 4 is 5.97 Å². The molecule has 1 aliphatic heterocycles. The summed E-state index contributed by atoms with van der Waals surface area (Å²) in [7, 11) is 2.09. The summed E-state index contributed by atoms with van der Waals surface area (Å²) in [6.45, 7) is 1.07. The molecule has 0 unspecified atom stereocenters. The minimum absolute atomic E-state index is 0.262. The number of aromatic nitrogens is 2. The first-order chi connectivity index (χ1) is 10.1. The van der Waals surface area contributed by atoms with Crippen molar-refractivity contribution in [3.63, 3.8) is 0 Å². The molecule has 1 aromatic heterocycles. The van der Waals surface area contributed by atoms with Crippen molar-refractivity contribution in [2.24, 2.45) is 0 Å². The maximum absolute atomic E-state index is 11.1. The van der Waals surface area contributed by atoms with Crippen LogP contribution < -0.4 is 0 Å². The Morgan fingerprint density at radius 3 is 2.95 bits per heavy atom. The van der Waals surface area contributed by atoms with E-state index in [-0.39, 0.29) is 5.56 Å². The zero-order valence-electron chi connectivity index (χ0n) is 11.9. The van der Waals surface area contributed by atoms with E-state index in [0.29, 0.717) is 6.04 Å². The summed E-state index contributed by atoms with van der Waals surface area (Å²) in [6, 6.07) is 7.11. The van der Waals surface area contributed by atoms with Crippen LogP contribution >= 0.6 is 0 Å². The van der Waals surface area contributed by atoms with Crippen molar-refractivity contribution in [3.8, 4) is 11.3 Å². The average Bonchev–Trinajstić information content (AvgIpc) is 2.94. The van der Waals surface area contributed by atoms with Gasteiger partial charge >= 0.3 is 5.97 Å². The van der Waals surface area contributed by atoms with Gasteiger partial charge in [-0.25, -0.2) is 9.78 Å². The number of nitrogens with zero attached hydrogens (tertiary/aromatic N) is 3. The number of rotatable bonds is 3. The van der Waals surface area contributed by atoms with Gasteiger partial charge < -0.3 is 5.11 Å². The Morgan fingerprint density at radius 2 is 2.24 bits per heavy atom. The van der Waals surface area contributed by atoms with Crippen molar-refractivity contribution in [2.45, 2.75) is 18.9 Å². The summed E-state index contributed by atoms with van der Waals surface area (Å²) in [5.74, 6) is -0.934. The molecule has 1 atom stereocenters. The quantitative estimate of drug-likeness (QED) is 0.938. The van der Waals surface area contributed by atoms with Gasteiger partial charge in [-0.15, -0.1) is 0 Å². The van der Waals surface area contributed by atoms with Gasteiger partial charge in [0.05, 0.1) is 35.4 Å². The van der Waals surface area contributed by atoms with E-state index in [0.717, 1.165) is 29.9 Å². The van der Waals surface area contributed by atoms with E-state index < -0.39 is 5.97 Å². The highest BCUT2D eigenvalue weighted by Crippen LogP contribution is 2.29. The van der Waals surface area contributed by atoms with E-state index >= 15 is 0 Å². The molecule has 0 spiro atoms. The summed E-state index contributed by atoms with van der Waals surface area (Å²) in [4.78, 5) is 22.3. The zero-order valence-corrected chi connectivity index (χ0v) is 11.9. The molecule has 0 amide bonds. The molecule has 5 heteroatoms. The van der Waals surface area contributed by atoms with Gasteiger partial charge in [-0.3, -0.25) is 9.88 Å². The Kier molecular flexibility index (Phi) is 3.66. The monoisotopic (exact) mass is 283 g/mol. The van der Waals surface area contributed by atoms with Crippen LogP contribution in [-0.2, 0) is 0 Å². The largest absolute Gasteiger partial charge is 0.478 e. The summed E-state index contributed by atoms with van der Waals surface area (Å²) >= 11 is 0. The van der Waals surface area contributed by atoms with Crippen LogP contribution in [0.4, 0.5) is 0 Å². The van der Waals surface area contributed by atoms with Gasteiger partial charge in [0.25, 0.3) is 0 Å². The fourth-order valence-electron chi connectivity index (χ4n) is 2.78. The van der Waals surface area contributed by atoms with Crippen molar-refractivity contribution in [1.29, 1.82) is 0 Å². The Labute approximate surface area is 123 Å². The van der Waals surface area contributed by atoms with Crippen LogP contribution in [0, 0.1) is 0 Å². The molecule has 1 aliphatic rings. The topological polar surface area (TPSA) is 66.3 Å². The molecule has 1 aromatic carbocycles. The maximum atomic E-state index is 11.1. The molecule has 2 heterocycles. The van der Waals surface area contributed by atoms with Gasteiger partial charge in [-0.1, -0.05) is 12.1 Å². The van der Waals surface area contributed by atoms with Gasteiger partial charge in [0.15, 0.2) is 0 Å². The molecular formula is C16H17N3O2. The van der Waals surface area contributed by atoms with E-state index in [9.17, 15) is 4.79 Å². The number of carbonyl (C=O) groups is 1. The molecule has 1 saturated heterocycles. The maximum Gasteiger partial charge on any atom is 0.335 e. The van der Waals surface area contributed by atoms with Gasteiger partial charge in [0.2, 0.25) is 0 Å². The molecule has 2 aromatic rings. The standard InChI is InChI=1S/C16H17N3O2/c1-19-7-3-6-15(19)14-10-17-9-13(18-14)11-4-2-5-12(8-11)16(20)21/h2,4-5,8-10,15H,3,6-7H2,1H3,(H,20,21)/t15-/m0/s1. The van der Waals surface area contributed by atoms with Crippen LogP contribution in [-0.4, -0.2) is 39.5 Å². The normalized spacial score (nSPS) is 18.8. The second kappa shape index (κ2) is 5.61. The van der Waals surface area contributed by atoms with Crippen LogP contribution in [0.1, 0.15) is 34.9 Å². The number of hydrogen-bond donors (Lipinski definition) is 1. The highest BCUT2D eigenvalue weighted by molar-refractivity contribution is 5.89. The summed E-state index contributed by atoms with van der Waals surface area (Å²) in [6.07, 6.45) is 5.74. The molecule has 5 nitrogen and oxygen atoms in total. The molecule has 0 aliphatic carbocycles. The third kappa shape index (κ3) is 2.78. The minimum atomic E-state index is -0.934. The number of carboxylic acids is 1. The molecule has 108 valence electrons. The zero-order chi connectivity index (χ0) is 14.8. The Morgan fingerprint density at radius 1 is 1.38 bits per heavy atom. The van der Waals surface area contributed by atoms with Crippen LogP contribution in [0.3, 0.4) is 0 Å². The molecule has 1 fully saturated rings. The predicted molar refractivity (Wildman–Crippen MR) is 79.0 cm³/mol. The Bertz CT molecular complexity index is 672. The fourth-order valence-corrected chi connectivity index (χ4v) is 2.78. The van der Waals surface area contributed by atoms with Gasteiger partial charge in [-0.2, -0.15) is 0 Å². The lowest BCUT2D eigenvalue weighted by atomic mass is 10.1. The lowest BCUT2D eigenvalue weighted by molar-refractivity contribution is 0.0697. The molecule has 21 heavy (non-hydrogen) atoms. The highest BCUT2D eigenvalue weighted by Gasteiger charge is 2.24. The molecule has 0 saturated carbocycles. The van der Waals surface area contributed by atoms with Crippen molar-refractivity contribution in [2.75, 3.05) is 13.6 Å². The first-order valence-corrected chi connectivity index (χ1v) is 7.01. The lowest BCUT2D eigenvalue weighted by Gasteiger charge is -2.18. The average molecular weight is 283 g/mol. The highest BCUT2D eigenvalue weighted by atomic mass is 16.4. The van der Waals surface area contributed by atoms with E-state index in [1.165, 1.54) is 6.42 Å². The van der Waals surface area contributed by atoms with Crippen molar-refractivity contribution in [3.05, 3.63) is 47.9 Å². The summed E-state index contributed by atoms with van der Waals surface area (Å²) < 4.78 is 0. The van der Waals surface area contributed by atoms with Crippen LogP contribution in [0.5, 0.6) is 0 Å². The van der Waals surface area contributed by atoms with Crippen LogP contribution in [0.15, 0.2) is 36.7 Å². The number of aromatic carboxylic acids is 1. The number of benzene rings is 1. The molecule has 3 rings (SSSR count). The second-order valence-electron chi connectivity index (χ2n) is 5.35. The number of hydrogen-bond acceptors (Lipinski definition) is 4. The summed E-state index contributed by atoms with van der Waals surface area (Å²) in [5.41, 5.74) is 2.71. The van der Waals surface area contributed by atoms with E-state index in [4.69, 9.17) is 5.11 Å². The van der Waals surface area contributed by atoms with Gasteiger partial charge in [0, 0.05) is 5.56 Å². The van der Waals surface area contributed by atoms with Crippen molar-refractivity contribution in [1.82, 2.24) is 14.9 Å². The first kappa shape index (κ1) is 13.7. The molecule has 0 radical (unpaired) electrons. The van der Waals surface area contributed by atoms with Crippen molar-refractivity contribution < 1.29 is 9.90 Å². The van der Waals surface area contributed by atoms with E-state index in [1.807, 2.05) is 6.07 Å². The summed E-state index contributed by atoms with van der Waals surface area (Å²) in [5, 5.41) is 9.08. The van der Waals surface area contributed by atoms with Crippen LogP contribution in [0.25, 0.3) is 11.3 Å². The Hall–Kier alpha value is -2.27. The SMILES string of the molecule is CN1CCC[C@H]1c1cncc(-c2cccc(C(=O)O)c2)n1. The lowest BCUT2D eigenvalue weighted by Crippen LogP contribution is -2.18. The van der Waals surface area contributed by atoms with Gasteiger partial charge in [0.1, 0.15) is 0 Å². The van der Waals surface area contributed by atoms with Crippen LogP contribution in [0.2, 0.25) is 0 Å². The molecule has 0 bridgehead atoms. The third-order valence-corrected chi connectivity index (χ3v) is 3.92. The second-order valence-corrected chi connectivity index (χ2v) is 5.35. The molecular weight excluding hydrogens is 266 g/mol. The first-order valence-electron chi connectivity index (χ1n) is 7.01. The fraction of sp³-hybridized carbons (Fsp3) is 0.312. The molecule has 1 N–H and O–H groups in total. The third-order valence-electron chi connectivity index (χ3n) is 3.92. The number of carboxylic acid groups (broad SMARTS) is 1. The van der Waals surface area contributed by atoms with E-state index in [2.05, 4.69) is 21.9 Å². The minimum Gasteiger partial charge on any atom is -0.478 e. The smallest absolute Gasteiger partial charge is 0.335 e. The predicted octanol–water partition coefficient (Wildman–Crippen LogP) is 2.61.